The highest BCUT2D eigenvalue weighted by Crippen LogP contribution is 2.20. The maximum Gasteiger partial charge on any atom is 0.439 e. The van der Waals surface area contributed by atoms with Gasteiger partial charge in [0.2, 0.25) is 0 Å². The van der Waals surface area contributed by atoms with Crippen LogP contribution >= 0.6 is 0 Å². The molecule has 0 saturated carbocycles. The van der Waals surface area contributed by atoms with Crippen molar-refractivity contribution in [1.29, 1.82) is 0 Å². The number of rotatable bonds is 6. The van der Waals surface area contributed by atoms with E-state index in [-0.39, 0.29) is 5.91 Å². The molecule has 3 heterocycles. The van der Waals surface area contributed by atoms with Crippen molar-refractivity contribution in [2.75, 3.05) is 5.32 Å². The maximum absolute atomic E-state index is 12.6. The number of nitrogens with one attached hydrogen (secondary N) is 2. The Morgan fingerprint density at radius 2 is 2.00 bits per heavy atom. The van der Waals surface area contributed by atoms with E-state index in [1.165, 1.54) is 0 Å². The Bertz CT molecular complexity index is 1500. The Labute approximate surface area is 187 Å². The third kappa shape index (κ3) is 4.38. The molecular weight excluding hydrogens is 422 g/mol. The second-order valence-electron chi connectivity index (χ2n) is 7.45. The van der Waals surface area contributed by atoms with Crippen molar-refractivity contribution in [2.45, 2.75) is 13.5 Å². The smallest absolute Gasteiger partial charge is 0.439 e. The first-order valence-electron chi connectivity index (χ1n) is 10.2. The van der Waals surface area contributed by atoms with E-state index in [9.17, 15) is 9.59 Å². The van der Waals surface area contributed by atoms with Crippen LogP contribution in [0.25, 0.3) is 17.0 Å². The second kappa shape index (κ2) is 8.46. The van der Waals surface area contributed by atoms with E-state index in [2.05, 4.69) is 25.0 Å². The molecular formula is C24H19N5O4. The van der Waals surface area contributed by atoms with Gasteiger partial charge in [-0.1, -0.05) is 23.4 Å². The monoisotopic (exact) mass is 441 g/mol. The molecule has 0 aliphatic rings. The van der Waals surface area contributed by atoms with E-state index in [4.69, 9.17) is 4.74 Å². The zero-order valence-corrected chi connectivity index (χ0v) is 17.6. The average molecular weight is 441 g/mol. The minimum Gasteiger partial charge on any atom is -0.487 e. The minimum absolute atomic E-state index is 0.275. The number of aromatic nitrogens is 4. The van der Waals surface area contributed by atoms with Gasteiger partial charge in [-0.05, 0) is 55.0 Å². The number of pyridine rings is 1. The van der Waals surface area contributed by atoms with Crippen LogP contribution in [-0.4, -0.2) is 25.4 Å². The summed E-state index contributed by atoms with van der Waals surface area (Å²) in [6.07, 6.45) is 3.89. The zero-order chi connectivity index (χ0) is 22.8. The highest BCUT2D eigenvalue weighted by Gasteiger charge is 2.10. The zero-order valence-electron chi connectivity index (χ0n) is 17.6. The van der Waals surface area contributed by atoms with Gasteiger partial charge in [0.15, 0.2) is 5.82 Å². The summed E-state index contributed by atoms with van der Waals surface area (Å²) >= 11 is 0. The topological polar surface area (TPSA) is 115 Å². The number of aromatic amines is 1. The fourth-order valence-corrected chi connectivity index (χ4v) is 3.44. The summed E-state index contributed by atoms with van der Waals surface area (Å²) in [6, 6.07) is 17.8. The van der Waals surface area contributed by atoms with Gasteiger partial charge in [-0.2, -0.15) is 0 Å². The number of imidazole rings is 1. The summed E-state index contributed by atoms with van der Waals surface area (Å²) in [4.78, 5) is 30.9. The fourth-order valence-electron chi connectivity index (χ4n) is 3.44. The molecule has 0 unspecified atom stereocenters. The van der Waals surface area contributed by atoms with Crippen LogP contribution in [0.1, 0.15) is 21.6 Å². The summed E-state index contributed by atoms with van der Waals surface area (Å²) < 4.78 is 12.3. The Balaban J connectivity index is 1.23. The molecule has 0 aliphatic heterocycles. The van der Waals surface area contributed by atoms with Crippen molar-refractivity contribution in [3.63, 3.8) is 0 Å². The Morgan fingerprint density at radius 1 is 1.15 bits per heavy atom. The normalized spacial score (nSPS) is 10.9. The molecule has 1 amide bonds. The molecule has 0 atom stereocenters. The van der Waals surface area contributed by atoms with E-state index in [1.807, 2.05) is 35.9 Å². The number of hydrogen-bond donors (Lipinski definition) is 2. The molecule has 164 valence electrons. The molecule has 5 aromatic rings. The Hall–Kier alpha value is -4.66. The number of anilines is 1. The van der Waals surface area contributed by atoms with E-state index in [1.54, 1.807) is 48.5 Å². The van der Waals surface area contributed by atoms with Gasteiger partial charge in [-0.3, -0.25) is 14.3 Å². The minimum atomic E-state index is -0.641. The summed E-state index contributed by atoms with van der Waals surface area (Å²) in [5.74, 6) is 0.0110. The molecule has 0 bridgehead atoms. The van der Waals surface area contributed by atoms with Gasteiger partial charge >= 0.3 is 5.76 Å². The van der Waals surface area contributed by atoms with E-state index < -0.39 is 5.76 Å². The summed E-state index contributed by atoms with van der Waals surface area (Å²) in [7, 11) is 0. The van der Waals surface area contributed by atoms with Crippen LogP contribution < -0.4 is 15.8 Å². The predicted octanol–water partition coefficient (Wildman–Crippen LogP) is 3.82. The Kier molecular flexibility index (Phi) is 5.19. The summed E-state index contributed by atoms with van der Waals surface area (Å²) in [5, 5.41) is 6.48. The van der Waals surface area contributed by atoms with Crippen LogP contribution in [0.3, 0.4) is 0 Å². The van der Waals surface area contributed by atoms with Crippen LogP contribution in [0, 0.1) is 6.92 Å². The number of H-pyrrole nitrogens is 1. The third-order valence-electron chi connectivity index (χ3n) is 5.07. The number of nitrogens with zero attached hydrogens (tertiary/aromatic N) is 3. The number of carbonyl (C=O) groups excluding carboxylic acids is 1. The molecule has 3 aromatic heterocycles. The number of aryl methyl sites for hydroxylation is 1. The van der Waals surface area contributed by atoms with E-state index >= 15 is 0 Å². The highest BCUT2D eigenvalue weighted by molar-refractivity contribution is 6.04. The molecule has 9 heteroatoms. The van der Waals surface area contributed by atoms with Crippen LogP contribution in [0.5, 0.6) is 5.75 Å². The van der Waals surface area contributed by atoms with Gasteiger partial charge in [0, 0.05) is 29.2 Å². The number of amides is 1. The number of benzene rings is 2. The standard InChI is InChI=1S/C24H19N5O4/c1-15-4-3-11-29-13-19(25-22(15)29)14-32-20-9-7-16(8-10-20)23(30)26-18-6-2-5-17(12-18)21-27-24(31)33-28-21/h2-13H,14H2,1H3,(H,26,30)(H,27,28,31). The van der Waals surface area contributed by atoms with Gasteiger partial charge in [0.1, 0.15) is 18.0 Å². The quantitative estimate of drug-likeness (QED) is 0.414. The van der Waals surface area contributed by atoms with E-state index in [0.29, 0.717) is 35.0 Å². The molecule has 0 spiro atoms. The van der Waals surface area contributed by atoms with Gasteiger partial charge in [0.25, 0.3) is 5.91 Å². The number of ether oxygens (including phenoxy) is 1. The van der Waals surface area contributed by atoms with Gasteiger partial charge < -0.3 is 14.5 Å². The lowest BCUT2D eigenvalue weighted by atomic mass is 10.1. The molecule has 2 N–H and O–H groups in total. The van der Waals surface area contributed by atoms with Crippen molar-refractivity contribution < 1.29 is 14.1 Å². The molecule has 0 saturated heterocycles. The van der Waals surface area contributed by atoms with Crippen molar-refractivity contribution >= 4 is 17.2 Å². The lowest BCUT2D eigenvalue weighted by Crippen LogP contribution is -2.11. The van der Waals surface area contributed by atoms with Crippen molar-refractivity contribution in [2.24, 2.45) is 0 Å². The van der Waals surface area contributed by atoms with Crippen molar-refractivity contribution in [3.05, 3.63) is 100 Å². The van der Waals surface area contributed by atoms with Crippen molar-refractivity contribution in [1.82, 2.24) is 19.5 Å². The number of fused-ring (bicyclic) bond motifs is 1. The van der Waals surface area contributed by atoms with Gasteiger partial charge in [0.05, 0.1) is 5.69 Å². The maximum atomic E-state index is 12.6. The van der Waals surface area contributed by atoms with E-state index in [0.717, 1.165) is 16.9 Å². The lowest BCUT2D eigenvalue weighted by molar-refractivity contribution is 0.102. The van der Waals surface area contributed by atoms with Crippen LogP contribution in [0.4, 0.5) is 5.69 Å². The highest BCUT2D eigenvalue weighted by atomic mass is 16.5. The van der Waals surface area contributed by atoms with Gasteiger partial charge in [-0.15, -0.1) is 0 Å². The Morgan fingerprint density at radius 3 is 2.76 bits per heavy atom. The van der Waals surface area contributed by atoms with Crippen LogP contribution in [-0.2, 0) is 6.61 Å². The van der Waals surface area contributed by atoms with Crippen LogP contribution in [0.15, 0.2) is 82.4 Å². The van der Waals surface area contributed by atoms with Gasteiger partial charge in [-0.25, -0.2) is 9.78 Å². The van der Waals surface area contributed by atoms with Crippen LogP contribution in [0.2, 0.25) is 0 Å². The largest absolute Gasteiger partial charge is 0.487 e. The molecule has 2 aromatic carbocycles. The molecule has 0 radical (unpaired) electrons. The molecule has 33 heavy (non-hydrogen) atoms. The number of hydrogen-bond acceptors (Lipinski definition) is 6. The first-order valence-corrected chi connectivity index (χ1v) is 10.2. The third-order valence-corrected chi connectivity index (χ3v) is 5.07. The number of carbonyl (C=O) groups is 1. The molecule has 0 aliphatic carbocycles. The summed E-state index contributed by atoms with van der Waals surface area (Å²) in [5.41, 5.74) is 4.47. The molecule has 0 fully saturated rings. The SMILES string of the molecule is Cc1cccn2cc(COc3ccc(C(=O)Nc4cccc(-c5noc(=O)[nH]5)c4)cc3)nc12. The molecule has 5 rings (SSSR count). The first-order chi connectivity index (χ1) is 16.0. The lowest BCUT2D eigenvalue weighted by Gasteiger charge is -2.08. The molecule has 9 nitrogen and oxygen atoms in total. The second-order valence-corrected chi connectivity index (χ2v) is 7.45. The van der Waals surface area contributed by atoms with Crippen molar-refractivity contribution in [3.8, 4) is 17.1 Å². The fraction of sp³-hybridized carbons (Fsp3) is 0.0833. The first kappa shape index (κ1) is 20.3. The summed E-state index contributed by atoms with van der Waals surface area (Å²) in [6.45, 7) is 2.34. The average Bonchev–Trinajstić information content (AvgIpc) is 3.45. The predicted molar refractivity (Wildman–Crippen MR) is 121 cm³/mol.